The third-order valence-electron chi connectivity index (χ3n) is 2.32. The van der Waals surface area contributed by atoms with Gasteiger partial charge in [0.25, 0.3) is 0 Å². The zero-order valence-electron chi connectivity index (χ0n) is 9.69. The Morgan fingerprint density at radius 3 is 2.94 bits per heavy atom. The van der Waals surface area contributed by atoms with Crippen LogP contribution >= 0.6 is 11.8 Å². The van der Waals surface area contributed by atoms with Crippen molar-refractivity contribution < 1.29 is 9.53 Å². The Balaban J connectivity index is 2.36. The Labute approximate surface area is 104 Å². The molecule has 1 saturated carbocycles. The minimum atomic E-state index is -0.470. The van der Waals surface area contributed by atoms with Gasteiger partial charge in [-0.25, -0.2) is 14.8 Å². The van der Waals surface area contributed by atoms with Crippen LogP contribution in [-0.4, -0.2) is 29.3 Å². The van der Waals surface area contributed by atoms with Crippen LogP contribution in [0.5, 0.6) is 0 Å². The molecule has 0 amide bonds. The van der Waals surface area contributed by atoms with Gasteiger partial charge in [-0.05, 0) is 19.1 Å². The third kappa shape index (κ3) is 2.98. The lowest BCUT2D eigenvalue weighted by molar-refractivity contribution is 0.0592. The highest BCUT2D eigenvalue weighted by molar-refractivity contribution is 7.98. The molecule has 0 bridgehead atoms. The Bertz CT molecular complexity index is 501. The van der Waals surface area contributed by atoms with Gasteiger partial charge in [0.05, 0.1) is 12.7 Å². The van der Waals surface area contributed by atoms with Crippen molar-refractivity contribution in [1.29, 1.82) is 0 Å². The molecule has 1 aromatic heterocycles. The van der Waals surface area contributed by atoms with Crippen LogP contribution in [0.1, 0.15) is 28.9 Å². The molecule has 1 aliphatic carbocycles. The second kappa shape index (κ2) is 5.19. The van der Waals surface area contributed by atoms with Gasteiger partial charge in [-0.1, -0.05) is 23.6 Å². The van der Waals surface area contributed by atoms with Crippen molar-refractivity contribution in [3.05, 3.63) is 17.5 Å². The van der Waals surface area contributed by atoms with E-state index in [2.05, 4.69) is 21.8 Å². The summed E-state index contributed by atoms with van der Waals surface area (Å²) in [6, 6.07) is 0. The molecule has 4 nitrogen and oxygen atoms in total. The molecule has 2 rings (SSSR count). The molecule has 0 atom stereocenters. The van der Waals surface area contributed by atoms with Gasteiger partial charge in [0.1, 0.15) is 0 Å². The minimum absolute atomic E-state index is 0.250. The van der Waals surface area contributed by atoms with Crippen LogP contribution in [0, 0.1) is 17.8 Å². The van der Waals surface area contributed by atoms with Gasteiger partial charge in [0.15, 0.2) is 10.9 Å². The molecule has 1 aliphatic rings. The SMILES string of the molecule is COC(=O)c1nc(SC)ncc1C#CC1CC1. The number of rotatable bonds is 2. The van der Waals surface area contributed by atoms with Gasteiger partial charge in [-0.3, -0.25) is 0 Å². The van der Waals surface area contributed by atoms with Crippen molar-refractivity contribution in [3.63, 3.8) is 0 Å². The maximum Gasteiger partial charge on any atom is 0.358 e. The summed E-state index contributed by atoms with van der Waals surface area (Å²) in [6.45, 7) is 0. The molecule has 1 heterocycles. The van der Waals surface area contributed by atoms with Crippen molar-refractivity contribution >= 4 is 17.7 Å². The van der Waals surface area contributed by atoms with Crippen molar-refractivity contribution in [3.8, 4) is 11.8 Å². The van der Waals surface area contributed by atoms with E-state index >= 15 is 0 Å². The largest absolute Gasteiger partial charge is 0.464 e. The number of hydrogen-bond donors (Lipinski definition) is 0. The quantitative estimate of drug-likeness (QED) is 0.345. The smallest absolute Gasteiger partial charge is 0.358 e. The molecule has 88 valence electrons. The van der Waals surface area contributed by atoms with Gasteiger partial charge in [0.2, 0.25) is 0 Å². The summed E-state index contributed by atoms with van der Waals surface area (Å²) in [5.74, 6) is 6.05. The number of hydrogen-bond acceptors (Lipinski definition) is 5. The number of aromatic nitrogens is 2. The predicted octanol–water partition coefficient (Wildman–Crippen LogP) is 1.75. The number of carbonyl (C=O) groups is 1. The lowest BCUT2D eigenvalue weighted by Gasteiger charge is -2.02. The van der Waals surface area contributed by atoms with Crippen molar-refractivity contribution in [2.24, 2.45) is 5.92 Å². The summed E-state index contributed by atoms with van der Waals surface area (Å²) in [6.07, 6.45) is 5.72. The Morgan fingerprint density at radius 2 is 2.35 bits per heavy atom. The van der Waals surface area contributed by atoms with Crippen molar-refractivity contribution in [2.75, 3.05) is 13.4 Å². The van der Waals surface area contributed by atoms with E-state index in [1.165, 1.54) is 18.9 Å². The fourth-order valence-corrected chi connectivity index (χ4v) is 1.56. The first-order valence-corrected chi connectivity index (χ1v) is 6.48. The number of ether oxygens (including phenoxy) is 1. The number of esters is 1. The second-order valence-electron chi connectivity index (χ2n) is 3.65. The highest BCUT2D eigenvalue weighted by Gasteiger charge is 2.19. The first-order chi connectivity index (χ1) is 8.24. The van der Waals surface area contributed by atoms with E-state index in [4.69, 9.17) is 4.74 Å². The van der Waals surface area contributed by atoms with Crippen LogP contribution in [0.4, 0.5) is 0 Å². The van der Waals surface area contributed by atoms with E-state index in [0.717, 1.165) is 12.8 Å². The number of thioether (sulfide) groups is 1. The Hall–Kier alpha value is -1.54. The van der Waals surface area contributed by atoms with Gasteiger partial charge in [0, 0.05) is 12.1 Å². The molecule has 0 aromatic carbocycles. The Morgan fingerprint density at radius 1 is 1.59 bits per heavy atom. The first kappa shape index (κ1) is 11.9. The lowest BCUT2D eigenvalue weighted by atomic mass is 10.2. The molecule has 1 fully saturated rings. The molecule has 0 saturated heterocycles. The van der Waals surface area contributed by atoms with Crippen LogP contribution < -0.4 is 0 Å². The highest BCUT2D eigenvalue weighted by atomic mass is 32.2. The summed E-state index contributed by atoms with van der Waals surface area (Å²) in [7, 11) is 1.33. The van der Waals surface area contributed by atoms with Gasteiger partial charge in [-0.15, -0.1) is 0 Å². The third-order valence-corrected chi connectivity index (χ3v) is 2.88. The average molecular weight is 248 g/mol. The van der Waals surface area contributed by atoms with Crippen LogP contribution in [0.25, 0.3) is 0 Å². The molecular formula is C12H12N2O2S. The summed E-state index contributed by atoms with van der Waals surface area (Å²) in [4.78, 5) is 19.8. The summed E-state index contributed by atoms with van der Waals surface area (Å²) in [5.41, 5.74) is 0.793. The maximum absolute atomic E-state index is 11.6. The van der Waals surface area contributed by atoms with E-state index in [0.29, 0.717) is 16.6 Å². The topological polar surface area (TPSA) is 52.1 Å². The van der Waals surface area contributed by atoms with E-state index in [9.17, 15) is 4.79 Å². The van der Waals surface area contributed by atoms with Gasteiger partial charge in [-0.2, -0.15) is 0 Å². The standard InChI is InChI=1S/C12H12N2O2S/c1-16-11(15)10-9(6-5-8-3-4-8)7-13-12(14-10)17-2/h7-8H,3-4H2,1-2H3. The maximum atomic E-state index is 11.6. The molecule has 0 radical (unpaired) electrons. The minimum Gasteiger partial charge on any atom is -0.464 e. The second-order valence-corrected chi connectivity index (χ2v) is 4.43. The van der Waals surface area contributed by atoms with E-state index in [-0.39, 0.29) is 5.69 Å². The predicted molar refractivity (Wildman–Crippen MR) is 64.8 cm³/mol. The van der Waals surface area contributed by atoms with Crippen LogP contribution in [0.3, 0.4) is 0 Å². The van der Waals surface area contributed by atoms with Crippen LogP contribution in [0.2, 0.25) is 0 Å². The van der Waals surface area contributed by atoms with Crippen LogP contribution in [0.15, 0.2) is 11.4 Å². The van der Waals surface area contributed by atoms with E-state index in [1.807, 2.05) is 6.26 Å². The summed E-state index contributed by atoms with van der Waals surface area (Å²) in [5, 5.41) is 0.544. The normalized spacial score (nSPS) is 13.8. The molecule has 0 aliphatic heterocycles. The van der Waals surface area contributed by atoms with Gasteiger partial charge < -0.3 is 4.74 Å². The monoisotopic (exact) mass is 248 g/mol. The average Bonchev–Trinajstić information content (AvgIpc) is 3.19. The van der Waals surface area contributed by atoms with E-state index < -0.39 is 5.97 Å². The van der Waals surface area contributed by atoms with Gasteiger partial charge >= 0.3 is 5.97 Å². The molecular weight excluding hydrogens is 236 g/mol. The van der Waals surface area contributed by atoms with Crippen molar-refractivity contribution in [2.45, 2.75) is 18.0 Å². The molecule has 17 heavy (non-hydrogen) atoms. The molecule has 0 unspecified atom stereocenters. The molecule has 0 N–H and O–H groups in total. The molecule has 1 aromatic rings. The fraction of sp³-hybridized carbons (Fsp3) is 0.417. The fourth-order valence-electron chi connectivity index (χ4n) is 1.22. The highest BCUT2D eigenvalue weighted by Crippen LogP contribution is 2.27. The summed E-state index contributed by atoms with van der Waals surface area (Å²) >= 11 is 1.38. The number of carbonyl (C=O) groups excluding carboxylic acids is 1. The van der Waals surface area contributed by atoms with Crippen molar-refractivity contribution in [1.82, 2.24) is 9.97 Å². The van der Waals surface area contributed by atoms with Crippen LogP contribution in [-0.2, 0) is 4.74 Å². The zero-order valence-corrected chi connectivity index (χ0v) is 10.5. The first-order valence-electron chi connectivity index (χ1n) is 5.25. The molecule has 5 heteroatoms. The zero-order chi connectivity index (χ0) is 12.3. The Kier molecular flexibility index (Phi) is 3.64. The number of methoxy groups -OCH3 is 1. The lowest BCUT2D eigenvalue weighted by Crippen LogP contribution is -2.08. The molecule has 0 spiro atoms. The summed E-state index contributed by atoms with van der Waals surface area (Å²) < 4.78 is 4.69. The van der Waals surface area contributed by atoms with E-state index in [1.54, 1.807) is 6.20 Å². The number of nitrogens with zero attached hydrogens (tertiary/aromatic N) is 2.